The van der Waals surface area contributed by atoms with Crippen LogP contribution in [-0.4, -0.2) is 0 Å². The highest BCUT2D eigenvalue weighted by Crippen LogP contribution is 2.33. The van der Waals surface area contributed by atoms with Gasteiger partial charge in [0.25, 0.3) is 0 Å². The maximum atomic E-state index is 2.33. The molecule has 34 heavy (non-hydrogen) atoms. The molecule has 158 valence electrons. The smallest absolute Gasteiger partial charge is 0.00992 e. The number of rotatable bonds is 2. The first kappa shape index (κ1) is 19.1. The SMILES string of the molecule is c1ccc2c(c1)ccc1ccc(-c3ccc(-c4ccc5ccc6ccccc6c5c4)cc3)cc12. The Morgan fingerprint density at radius 1 is 0.235 bits per heavy atom. The third-order valence-corrected chi connectivity index (χ3v) is 7.04. The van der Waals surface area contributed by atoms with E-state index in [0.717, 1.165) is 0 Å². The molecule has 0 aliphatic heterocycles. The Morgan fingerprint density at radius 3 is 1.00 bits per heavy atom. The molecule has 0 aromatic heterocycles. The zero-order chi connectivity index (χ0) is 22.5. The van der Waals surface area contributed by atoms with Crippen molar-refractivity contribution in [3.8, 4) is 22.3 Å². The standard InChI is InChI=1S/C34H22/c1-3-7-31-25(5-1)13-15-27-17-19-29(21-33(27)31)23-9-11-24(12-10-23)30-20-18-28-16-14-26-6-2-4-8-32(26)34(28)22-30/h1-22H. The molecule has 0 spiro atoms. The summed E-state index contributed by atoms with van der Waals surface area (Å²) in [5.74, 6) is 0. The van der Waals surface area contributed by atoms with Crippen LogP contribution in [0.5, 0.6) is 0 Å². The summed E-state index contributed by atoms with van der Waals surface area (Å²) in [6, 6.07) is 48.7. The van der Waals surface area contributed by atoms with Crippen molar-refractivity contribution in [2.75, 3.05) is 0 Å². The summed E-state index contributed by atoms with van der Waals surface area (Å²) >= 11 is 0. The van der Waals surface area contributed by atoms with Gasteiger partial charge in [-0.3, -0.25) is 0 Å². The first-order chi connectivity index (χ1) is 16.8. The molecule has 0 saturated carbocycles. The maximum absolute atomic E-state index is 2.33. The van der Waals surface area contributed by atoms with E-state index in [2.05, 4.69) is 133 Å². The Labute approximate surface area is 198 Å². The summed E-state index contributed by atoms with van der Waals surface area (Å²) in [4.78, 5) is 0. The lowest BCUT2D eigenvalue weighted by Gasteiger charge is -2.10. The van der Waals surface area contributed by atoms with Crippen molar-refractivity contribution in [2.24, 2.45) is 0 Å². The van der Waals surface area contributed by atoms with Gasteiger partial charge < -0.3 is 0 Å². The van der Waals surface area contributed by atoms with Gasteiger partial charge in [0.05, 0.1) is 0 Å². The molecule has 0 saturated heterocycles. The van der Waals surface area contributed by atoms with Crippen molar-refractivity contribution in [2.45, 2.75) is 0 Å². The lowest BCUT2D eigenvalue weighted by atomic mass is 9.94. The van der Waals surface area contributed by atoms with Crippen LogP contribution in [0.1, 0.15) is 0 Å². The third-order valence-electron chi connectivity index (χ3n) is 7.04. The summed E-state index contributed by atoms with van der Waals surface area (Å²) in [5, 5.41) is 10.4. The minimum absolute atomic E-state index is 1.24. The van der Waals surface area contributed by atoms with Crippen LogP contribution in [0.3, 0.4) is 0 Å². The van der Waals surface area contributed by atoms with Crippen LogP contribution >= 0.6 is 0 Å². The van der Waals surface area contributed by atoms with Gasteiger partial charge in [0, 0.05) is 0 Å². The Hall–Kier alpha value is -4.42. The minimum atomic E-state index is 1.24. The van der Waals surface area contributed by atoms with E-state index in [0.29, 0.717) is 0 Å². The van der Waals surface area contributed by atoms with Gasteiger partial charge in [-0.1, -0.05) is 121 Å². The fraction of sp³-hybridized carbons (Fsp3) is 0. The molecule has 0 amide bonds. The van der Waals surface area contributed by atoms with Gasteiger partial charge >= 0.3 is 0 Å². The highest BCUT2D eigenvalue weighted by Gasteiger charge is 2.06. The molecular formula is C34H22. The first-order valence-corrected chi connectivity index (χ1v) is 11.8. The van der Waals surface area contributed by atoms with Crippen LogP contribution in [0.4, 0.5) is 0 Å². The van der Waals surface area contributed by atoms with E-state index in [4.69, 9.17) is 0 Å². The quantitative estimate of drug-likeness (QED) is 0.239. The highest BCUT2D eigenvalue weighted by atomic mass is 14.1. The number of benzene rings is 7. The van der Waals surface area contributed by atoms with E-state index in [1.807, 2.05) is 0 Å². The summed E-state index contributed by atoms with van der Waals surface area (Å²) in [5.41, 5.74) is 4.98. The van der Waals surface area contributed by atoms with Gasteiger partial charge in [0.15, 0.2) is 0 Å². The second-order valence-electron chi connectivity index (χ2n) is 9.02. The van der Waals surface area contributed by atoms with Crippen molar-refractivity contribution in [1.82, 2.24) is 0 Å². The van der Waals surface area contributed by atoms with Crippen molar-refractivity contribution in [1.29, 1.82) is 0 Å². The molecule has 0 bridgehead atoms. The van der Waals surface area contributed by atoms with Crippen molar-refractivity contribution in [3.63, 3.8) is 0 Å². The molecule has 0 heteroatoms. The molecular weight excluding hydrogens is 408 g/mol. The monoisotopic (exact) mass is 430 g/mol. The molecule has 0 nitrogen and oxygen atoms in total. The largest absolute Gasteiger partial charge is 0.0616 e. The molecule has 7 rings (SSSR count). The summed E-state index contributed by atoms with van der Waals surface area (Å²) < 4.78 is 0. The van der Waals surface area contributed by atoms with Crippen LogP contribution in [0.25, 0.3) is 65.3 Å². The van der Waals surface area contributed by atoms with E-state index in [-0.39, 0.29) is 0 Å². The Bertz CT molecular complexity index is 1700. The average molecular weight is 431 g/mol. The normalized spacial score (nSPS) is 11.5. The molecule has 0 aliphatic rings. The summed E-state index contributed by atoms with van der Waals surface area (Å²) in [7, 11) is 0. The lowest BCUT2D eigenvalue weighted by molar-refractivity contribution is 1.62. The molecule has 7 aromatic rings. The van der Waals surface area contributed by atoms with Gasteiger partial charge in [-0.2, -0.15) is 0 Å². The molecule has 0 fully saturated rings. The number of fused-ring (bicyclic) bond motifs is 6. The molecule has 0 atom stereocenters. The molecule has 0 radical (unpaired) electrons. The average Bonchev–Trinajstić information content (AvgIpc) is 2.92. The van der Waals surface area contributed by atoms with Crippen molar-refractivity contribution >= 4 is 43.1 Å². The highest BCUT2D eigenvalue weighted by molar-refractivity contribution is 6.09. The van der Waals surface area contributed by atoms with Crippen LogP contribution in [0.2, 0.25) is 0 Å². The van der Waals surface area contributed by atoms with Crippen LogP contribution in [0, 0.1) is 0 Å². The first-order valence-electron chi connectivity index (χ1n) is 11.8. The molecule has 0 aliphatic carbocycles. The van der Waals surface area contributed by atoms with Crippen LogP contribution < -0.4 is 0 Å². The van der Waals surface area contributed by atoms with Gasteiger partial charge in [-0.15, -0.1) is 0 Å². The second kappa shape index (κ2) is 7.57. The van der Waals surface area contributed by atoms with Crippen molar-refractivity contribution < 1.29 is 0 Å². The predicted octanol–water partition coefficient (Wildman–Crippen LogP) is 9.63. The fourth-order valence-corrected chi connectivity index (χ4v) is 5.22. The summed E-state index contributed by atoms with van der Waals surface area (Å²) in [6.07, 6.45) is 0. The fourth-order valence-electron chi connectivity index (χ4n) is 5.22. The number of hydrogen-bond donors (Lipinski definition) is 0. The zero-order valence-corrected chi connectivity index (χ0v) is 18.7. The van der Waals surface area contributed by atoms with Gasteiger partial charge in [0.2, 0.25) is 0 Å². The van der Waals surface area contributed by atoms with Gasteiger partial charge in [0.1, 0.15) is 0 Å². The topological polar surface area (TPSA) is 0 Å². The van der Waals surface area contributed by atoms with E-state index in [1.54, 1.807) is 0 Å². The summed E-state index contributed by atoms with van der Waals surface area (Å²) in [6.45, 7) is 0. The van der Waals surface area contributed by atoms with Crippen LogP contribution in [0.15, 0.2) is 133 Å². The Kier molecular flexibility index (Phi) is 4.25. The lowest BCUT2D eigenvalue weighted by Crippen LogP contribution is -1.84. The second-order valence-corrected chi connectivity index (χ2v) is 9.02. The molecule has 0 unspecified atom stereocenters. The van der Waals surface area contributed by atoms with Gasteiger partial charge in [-0.25, -0.2) is 0 Å². The molecule has 0 N–H and O–H groups in total. The Balaban J connectivity index is 1.31. The minimum Gasteiger partial charge on any atom is -0.0616 e. The van der Waals surface area contributed by atoms with E-state index in [9.17, 15) is 0 Å². The molecule has 7 aromatic carbocycles. The van der Waals surface area contributed by atoms with Crippen LogP contribution in [-0.2, 0) is 0 Å². The Morgan fingerprint density at radius 2 is 0.559 bits per heavy atom. The van der Waals surface area contributed by atoms with Crippen molar-refractivity contribution in [3.05, 3.63) is 133 Å². The van der Waals surface area contributed by atoms with E-state index < -0.39 is 0 Å². The van der Waals surface area contributed by atoms with E-state index >= 15 is 0 Å². The zero-order valence-electron chi connectivity index (χ0n) is 18.7. The van der Waals surface area contributed by atoms with E-state index in [1.165, 1.54) is 65.3 Å². The maximum Gasteiger partial charge on any atom is -0.00992 e. The molecule has 0 heterocycles. The van der Waals surface area contributed by atoms with Gasteiger partial charge in [-0.05, 0) is 77.5 Å². The number of hydrogen-bond acceptors (Lipinski definition) is 0. The third kappa shape index (κ3) is 3.08. The predicted molar refractivity (Wildman–Crippen MR) is 147 cm³/mol.